The number of anilines is 2. The molecule has 3 nitrogen and oxygen atoms in total. The van der Waals surface area contributed by atoms with Gasteiger partial charge in [0.05, 0.1) is 18.5 Å². The molecule has 0 aromatic heterocycles. The van der Waals surface area contributed by atoms with Gasteiger partial charge in [0.15, 0.2) is 0 Å². The van der Waals surface area contributed by atoms with Crippen LogP contribution in [0.2, 0.25) is 0 Å². The Bertz CT molecular complexity index is 572. The van der Waals surface area contributed by atoms with E-state index < -0.39 is 0 Å². The van der Waals surface area contributed by atoms with E-state index in [1.165, 1.54) is 0 Å². The Balaban J connectivity index is 2.25. The second-order valence-electron chi connectivity index (χ2n) is 4.37. The molecule has 0 fully saturated rings. The molecule has 0 amide bonds. The van der Waals surface area contributed by atoms with Crippen LogP contribution in [0, 0.1) is 0 Å². The first-order valence-corrected chi connectivity index (χ1v) is 6.79. The summed E-state index contributed by atoms with van der Waals surface area (Å²) in [5.74, 6) is 0.892. The summed E-state index contributed by atoms with van der Waals surface area (Å²) in [4.78, 5) is 2.11. The van der Waals surface area contributed by atoms with Gasteiger partial charge >= 0.3 is 0 Å². The van der Waals surface area contributed by atoms with Crippen molar-refractivity contribution < 1.29 is 4.74 Å². The van der Waals surface area contributed by atoms with E-state index in [2.05, 4.69) is 26.9 Å². The topological polar surface area (TPSA) is 38.5 Å². The zero-order chi connectivity index (χ0) is 13.8. The summed E-state index contributed by atoms with van der Waals surface area (Å²) in [6.07, 6.45) is 0. The van der Waals surface area contributed by atoms with Crippen LogP contribution in [0.1, 0.15) is 5.56 Å². The van der Waals surface area contributed by atoms with Gasteiger partial charge in [-0.15, -0.1) is 0 Å². The molecule has 0 unspecified atom stereocenters. The lowest BCUT2D eigenvalue weighted by Crippen LogP contribution is -2.18. The summed E-state index contributed by atoms with van der Waals surface area (Å²) in [7, 11) is 3.71. The van der Waals surface area contributed by atoms with Crippen molar-refractivity contribution in [3.05, 3.63) is 52.5 Å². The van der Waals surface area contributed by atoms with E-state index in [4.69, 9.17) is 10.5 Å². The molecule has 4 heteroatoms. The van der Waals surface area contributed by atoms with E-state index >= 15 is 0 Å². The summed E-state index contributed by atoms with van der Waals surface area (Å²) in [6.45, 7) is 0.741. The fourth-order valence-electron chi connectivity index (χ4n) is 2.02. The van der Waals surface area contributed by atoms with Crippen LogP contribution < -0.4 is 15.4 Å². The van der Waals surface area contributed by atoms with Crippen molar-refractivity contribution >= 4 is 27.3 Å². The van der Waals surface area contributed by atoms with Gasteiger partial charge in [0.1, 0.15) is 5.75 Å². The molecule has 0 aliphatic carbocycles. The number of ether oxygens (including phenoxy) is 1. The highest BCUT2D eigenvalue weighted by molar-refractivity contribution is 9.10. The zero-order valence-electron chi connectivity index (χ0n) is 11.1. The summed E-state index contributed by atoms with van der Waals surface area (Å²) < 4.78 is 6.39. The van der Waals surface area contributed by atoms with E-state index in [0.29, 0.717) is 0 Å². The second kappa shape index (κ2) is 5.97. The normalized spacial score (nSPS) is 10.3. The fraction of sp³-hybridized carbons (Fsp3) is 0.200. The Morgan fingerprint density at radius 1 is 1.21 bits per heavy atom. The Kier molecular flexibility index (Phi) is 4.32. The molecule has 0 saturated heterocycles. The molecule has 100 valence electrons. The third kappa shape index (κ3) is 3.20. The Morgan fingerprint density at radius 2 is 1.95 bits per heavy atom. The number of hydrogen-bond acceptors (Lipinski definition) is 3. The van der Waals surface area contributed by atoms with E-state index in [9.17, 15) is 0 Å². The maximum atomic E-state index is 6.02. The first-order valence-electron chi connectivity index (χ1n) is 6.00. The third-order valence-corrected chi connectivity index (χ3v) is 3.50. The molecule has 0 saturated carbocycles. The molecule has 0 radical (unpaired) electrons. The van der Waals surface area contributed by atoms with Crippen molar-refractivity contribution in [3.8, 4) is 5.75 Å². The highest BCUT2D eigenvalue weighted by Crippen LogP contribution is 2.28. The third-order valence-electron chi connectivity index (χ3n) is 3.00. The molecular weight excluding hydrogens is 304 g/mol. The smallest absolute Gasteiger partial charge is 0.123 e. The van der Waals surface area contributed by atoms with E-state index in [1.807, 2.05) is 43.4 Å². The van der Waals surface area contributed by atoms with Crippen LogP contribution >= 0.6 is 15.9 Å². The first-order chi connectivity index (χ1) is 9.11. The number of nitrogens with two attached hydrogens (primary N) is 1. The van der Waals surface area contributed by atoms with Crippen LogP contribution in [0.5, 0.6) is 5.75 Å². The molecule has 2 rings (SSSR count). The van der Waals surface area contributed by atoms with Crippen molar-refractivity contribution in [2.24, 2.45) is 0 Å². The van der Waals surface area contributed by atoms with Crippen molar-refractivity contribution in [2.75, 3.05) is 24.8 Å². The fourth-order valence-corrected chi connectivity index (χ4v) is 2.37. The summed E-state index contributed by atoms with van der Waals surface area (Å²) in [6, 6.07) is 13.9. The maximum absolute atomic E-state index is 6.02. The van der Waals surface area contributed by atoms with E-state index in [1.54, 1.807) is 7.11 Å². The van der Waals surface area contributed by atoms with Crippen molar-refractivity contribution in [2.45, 2.75) is 6.54 Å². The van der Waals surface area contributed by atoms with Crippen LogP contribution in [-0.4, -0.2) is 14.2 Å². The highest BCUT2D eigenvalue weighted by Gasteiger charge is 2.09. The van der Waals surface area contributed by atoms with Crippen molar-refractivity contribution in [1.82, 2.24) is 0 Å². The molecule has 0 heterocycles. The minimum Gasteiger partial charge on any atom is -0.496 e. The lowest BCUT2D eigenvalue weighted by atomic mass is 10.1. The molecule has 0 atom stereocenters. The van der Waals surface area contributed by atoms with Gasteiger partial charge in [0.2, 0.25) is 0 Å². The van der Waals surface area contributed by atoms with E-state index in [0.717, 1.165) is 33.7 Å². The lowest BCUT2D eigenvalue weighted by molar-refractivity contribution is 0.409. The van der Waals surface area contributed by atoms with Crippen molar-refractivity contribution in [1.29, 1.82) is 0 Å². The molecular formula is C15H17BrN2O. The van der Waals surface area contributed by atoms with Gasteiger partial charge in [-0.3, -0.25) is 0 Å². The largest absolute Gasteiger partial charge is 0.496 e. The van der Waals surface area contributed by atoms with Gasteiger partial charge in [0.25, 0.3) is 0 Å². The molecule has 0 spiro atoms. The van der Waals surface area contributed by atoms with Crippen molar-refractivity contribution in [3.63, 3.8) is 0 Å². The van der Waals surface area contributed by atoms with Gasteiger partial charge < -0.3 is 15.4 Å². The van der Waals surface area contributed by atoms with Gasteiger partial charge in [-0.05, 0) is 24.3 Å². The summed E-state index contributed by atoms with van der Waals surface area (Å²) in [5, 5.41) is 0. The number of methoxy groups -OCH3 is 1. The maximum Gasteiger partial charge on any atom is 0.123 e. The second-order valence-corrected chi connectivity index (χ2v) is 5.29. The van der Waals surface area contributed by atoms with Gasteiger partial charge in [-0.2, -0.15) is 0 Å². The molecule has 2 aromatic carbocycles. The van der Waals surface area contributed by atoms with E-state index in [-0.39, 0.29) is 0 Å². The number of hydrogen-bond donors (Lipinski definition) is 1. The Labute approximate surface area is 122 Å². The highest BCUT2D eigenvalue weighted by atomic mass is 79.9. The van der Waals surface area contributed by atoms with Gasteiger partial charge in [-0.1, -0.05) is 34.1 Å². The van der Waals surface area contributed by atoms with Crippen LogP contribution in [0.25, 0.3) is 0 Å². The Morgan fingerprint density at radius 3 is 2.68 bits per heavy atom. The number of benzene rings is 2. The SMILES string of the molecule is COc1ccccc1CN(C)c1cc(Br)ccc1N. The molecule has 19 heavy (non-hydrogen) atoms. The molecule has 2 N–H and O–H groups in total. The predicted octanol–water partition coefficient (Wildman–Crippen LogP) is 3.68. The standard InChI is InChI=1S/C15H17BrN2O/c1-18(14-9-12(16)7-8-13(14)17)10-11-5-3-4-6-15(11)19-2/h3-9H,10,17H2,1-2H3. The predicted molar refractivity (Wildman–Crippen MR) is 83.7 cm³/mol. The molecule has 0 bridgehead atoms. The lowest BCUT2D eigenvalue weighted by Gasteiger charge is -2.22. The van der Waals surface area contributed by atoms with Crippen LogP contribution in [0.4, 0.5) is 11.4 Å². The summed E-state index contributed by atoms with van der Waals surface area (Å²) >= 11 is 3.47. The number of nitrogens with zero attached hydrogens (tertiary/aromatic N) is 1. The summed E-state index contributed by atoms with van der Waals surface area (Å²) in [5.41, 5.74) is 8.92. The monoisotopic (exact) mass is 320 g/mol. The quantitative estimate of drug-likeness (QED) is 0.873. The number of para-hydroxylation sites is 1. The van der Waals surface area contributed by atoms with Crippen LogP contribution in [0.15, 0.2) is 46.9 Å². The average molecular weight is 321 g/mol. The number of halogens is 1. The molecule has 0 aliphatic rings. The first kappa shape index (κ1) is 13.7. The minimum absolute atomic E-state index is 0.741. The van der Waals surface area contributed by atoms with Gasteiger partial charge in [-0.25, -0.2) is 0 Å². The van der Waals surface area contributed by atoms with Crippen LogP contribution in [0.3, 0.4) is 0 Å². The number of rotatable bonds is 4. The zero-order valence-corrected chi connectivity index (χ0v) is 12.6. The molecule has 2 aromatic rings. The number of nitrogen functional groups attached to an aromatic ring is 1. The minimum atomic E-state index is 0.741. The average Bonchev–Trinajstić information content (AvgIpc) is 2.42. The van der Waals surface area contributed by atoms with Crippen LogP contribution in [-0.2, 0) is 6.54 Å². The Hall–Kier alpha value is -1.68. The van der Waals surface area contributed by atoms with Gasteiger partial charge in [0, 0.05) is 23.6 Å². The molecule has 0 aliphatic heterocycles.